The molecule has 0 radical (unpaired) electrons. The van der Waals surface area contributed by atoms with Gasteiger partial charge in [0.25, 0.3) is 0 Å². The number of hydrogen-bond acceptors (Lipinski definition) is 6. The van der Waals surface area contributed by atoms with Crippen molar-refractivity contribution in [1.82, 2.24) is 14.5 Å². The number of rotatable bonds is 7. The van der Waals surface area contributed by atoms with Crippen molar-refractivity contribution in [3.05, 3.63) is 71.4 Å². The van der Waals surface area contributed by atoms with E-state index in [0.717, 1.165) is 12.1 Å². The molecule has 3 aromatic rings. The summed E-state index contributed by atoms with van der Waals surface area (Å²) in [6, 6.07) is 5.41. The van der Waals surface area contributed by atoms with Crippen molar-refractivity contribution >= 4 is 16.4 Å². The van der Waals surface area contributed by atoms with E-state index in [0.29, 0.717) is 17.9 Å². The Hall–Kier alpha value is -3.14. The highest BCUT2D eigenvalue weighted by Gasteiger charge is 2.31. The molecule has 0 atom stereocenters. The quantitative estimate of drug-likeness (QED) is 0.429. The molecule has 0 aliphatic carbocycles. The molecule has 3 rings (SSSR count). The maximum Gasteiger partial charge on any atom is 0.357 e. The first kappa shape index (κ1) is 20.6. The molecule has 0 aliphatic rings. The largest absolute Gasteiger partial charge is 0.378 e. The van der Waals surface area contributed by atoms with Gasteiger partial charge >= 0.3 is 10.1 Å². The number of hydrogen-bond donors (Lipinski definition) is 0. The summed E-state index contributed by atoms with van der Waals surface area (Å²) >= 11 is 0. The van der Waals surface area contributed by atoms with Gasteiger partial charge in [0.15, 0.2) is 17.1 Å². The van der Waals surface area contributed by atoms with E-state index in [9.17, 15) is 22.0 Å². The number of aromatic nitrogens is 3. The van der Waals surface area contributed by atoms with Crippen LogP contribution in [0.1, 0.15) is 41.6 Å². The molecule has 2 heterocycles. The van der Waals surface area contributed by atoms with Gasteiger partial charge < -0.3 is 8.75 Å². The Morgan fingerprint density at radius 3 is 2.31 bits per heavy atom. The minimum absolute atomic E-state index is 0.00570. The summed E-state index contributed by atoms with van der Waals surface area (Å²) < 4.78 is 59.2. The molecule has 10 heteroatoms. The van der Waals surface area contributed by atoms with Crippen LogP contribution in [-0.2, 0) is 16.7 Å². The fraction of sp³-hybridized carbons (Fsp3) is 0.211. The van der Waals surface area contributed by atoms with Gasteiger partial charge in [0.2, 0.25) is 0 Å². The van der Waals surface area contributed by atoms with Crippen molar-refractivity contribution in [2.75, 3.05) is 0 Å². The lowest BCUT2D eigenvalue weighted by Crippen LogP contribution is -2.19. The number of pyridine rings is 1. The molecular formula is C19H17F2N3O4S. The van der Waals surface area contributed by atoms with E-state index >= 15 is 0 Å². The summed E-state index contributed by atoms with van der Waals surface area (Å²) in [6.45, 7) is 3.41. The van der Waals surface area contributed by atoms with E-state index in [-0.39, 0.29) is 29.0 Å². The Bertz CT molecular complexity index is 1130. The van der Waals surface area contributed by atoms with Crippen LogP contribution >= 0.6 is 0 Å². The topological polar surface area (TPSA) is 91.1 Å². The summed E-state index contributed by atoms with van der Waals surface area (Å²) in [5.41, 5.74) is 0.780. The van der Waals surface area contributed by atoms with E-state index in [1.807, 2.05) is 0 Å². The molecule has 0 amide bonds. The Kier molecular flexibility index (Phi) is 5.73. The second-order valence-electron chi connectivity index (χ2n) is 6.52. The number of benzene rings is 1. The summed E-state index contributed by atoms with van der Waals surface area (Å²) in [7, 11) is -4.57. The van der Waals surface area contributed by atoms with Crippen LogP contribution in [0.15, 0.2) is 47.8 Å². The van der Waals surface area contributed by atoms with Crippen LogP contribution in [0.3, 0.4) is 0 Å². The lowest BCUT2D eigenvalue weighted by molar-refractivity contribution is 0.111. The first-order valence-corrected chi connectivity index (χ1v) is 9.97. The second-order valence-corrected chi connectivity index (χ2v) is 7.98. The highest BCUT2D eigenvalue weighted by atomic mass is 32.2. The van der Waals surface area contributed by atoms with Gasteiger partial charge in [0.1, 0.15) is 17.4 Å². The first-order chi connectivity index (χ1) is 13.7. The zero-order valence-corrected chi connectivity index (χ0v) is 16.4. The molecule has 0 saturated heterocycles. The van der Waals surface area contributed by atoms with E-state index in [1.165, 1.54) is 17.0 Å². The van der Waals surface area contributed by atoms with Crippen molar-refractivity contribution in [3.8, 4) is 5.75 Å². The lowest BCUT2D eigenvalue weighted by atomic mass is 10.1. The van der Waals surface area contributed by atoms with Gasteiger partial charge in [-0.2, -0.15) is 8.42 Å². The molecule has 0 spiro atoms. The van der Waals surface area contributed by atoms with Crippen LogP contribution < -0.4 is 4.18 Å². The molecule has 152 valence electrons. The van der Waals surface area contributed by atoms with Gasteiger partial charge in [0.05, 0.1) is 12.2 Å². The minimum Gasteiger partial charge on any atom is -0.378 e. The molecule has 7 nitrogen and oxygen atoms in total. The number of carbonyl (C=O) groups excluding carboxylic acids is 1. The number of aldehydes is 1. The van der Waals surface area contributed by atoms with E-state index in [2.05, 4.69) is 9.97 Å². The van der Waals surface area contributed by atoms with E-state index in [1.54, 1.807) is 26.0 Å². The predicted molar refractivity (Wildman–Crippen MR) is 99.2 cm³/mol. The molecule has 0 bridgehead atoms. The van der Waals surface area contributed by atoms with Crippen molar-refractivity contribution in [2.45, 2.75) is 31.3 Å². The molecular weight excluding hydrogens is 404 g/mol. The molecule has 0 saturated carbocycles. The Morgan fingerprint density at radius 1 is 1.14 bits per heavy atom. The van der Waals surface area contributed by atoms with Crippen LogP contribution in [-0.4, -0.2) is 29.2 Å². The average Bonchev–Trinajstić information content (AvgIpc) is 3.01. The lowest BCUT2D eigenvalue weighted by Gasteiger charge is -2.14. The molecule has 1 aromatic carbocycles. The highest BCUT2D eigenvalue weighted by molar-refractivity contribution is 7.87. The number of halogens is 2. The molecule has 0 N–H and O–H groups in total. The summed E-state index contributed by atoms with van der Waals surface area (Å²) in [5, 5.41) is -0.351. The summed E-state index contributed by atoms with van der Waals surface area (Å²) in [4.78, 5) is 19.6. The van der Waals surface area contributed by atoms with Gasteiger partial charge in [-0.05, 0) is 23.6 Å². The van der Waals surface area contributed by atoms with Crippen molar-refractivity contribution in [2.24, 2.45) is 0 Å². The van der Waals surface area contributed by atoms with E-state index < -0.39 is 27.5 Å². The summed E-state index contributed by atoms with van der Waals surface area (Å²) in [5.74, 6) is -2.99. The Balaban J connectivity index is 2.14. The standard InChI is InChI=1S/C19H17F2N3O4S/c1-12(2)18-19(29(26,27)28-16-8-14(20)7-15(21)9-16)24(17(11-25)23-18)10-13-3-5-22-6-4-13/h3-9,11-12H,10H2,1-2H3. The maximum atomic E-state index is 13.5. The molecule has 29 heavy (non-hydrogen) atoms. The normalized spacial score (nSPS) is 11.6. The third kappa shape index (κ3) is 4.48. The number of imidazole rings is 1. The monoisotopic (exact) mass is 421 g/mol. The van der Waals surface area contributed by atoms with Gasteiger partial charge in [-0.25, -0.2) is 13.8 Å². The van der Waals surface area contributed by atoms with Gasteiger partial charge in [-0.1, -0.05) is 13.8 Å². The minimum atomic E-state index is -4.57. The molecule has 0 aliphatic heterocycles. The zero-order valence-electron chi connectivity index (χ0n) is 15.5. The van der Waals surface area contributed by atoms with Gasteiger partial charge in [-0.15, -0.1) is 0 Å². The first-order valence-electron chi connectivity index (χ1n) is 8.56. The van der Waals surface area contributed by atoms with Crippen LogP contribution in [0.2, 0.25) is 0 Å². The van der Waals surface area contributed by atoms with Crippen LogP contribution in [0, 0.1) is 11.6 Å². The average molecular weight is 421 g/mol. The third-order valence-corrected chi connectivity index (χ3v) is 5.31. The fourth-order valence-corrected chi connectivity index (χ4v) is 4.16. The third-order valence-electron chi connectivity index (χ3n) is 4.00. The highest BCUT2D eigenvalue weighted by Crippen LogP contribution is 2.28. The zero-order chi connectivity index (χ0) is 21.2. The van der Waals surface area contributed by atoms with Crippen molar-refractivity contribution < 1.29 is 26.2 Å². The van der Waals surface area contributed by atoms with Crippen LogP contribution in [0.25, 0.3) is 0 Å². The molecule has 0 fully saturated rings. The SMILES string of the molecule is CC(C)c1nc(C=O)n(Cc2ccncc2)c1S(=O)(=O)Oc1cc(F)cc(F)c1. The fourth-order valence-electron chi connectivity index (χ4n) is 2.77. The van der Waals surface area contributed by atoms with Crippen LogP contribution in [0.5, 0.6) is 5.75 Å². The Labute approximate surface area is 166 Å². The number of nitrogens with zero attached hydrogens (tertiary/aromatic N) is 3. The smallest absolute Gasteiger partial charge is 0.357 e. The van der Waals surface area contributed by atoms with Crippen LogP contribution in [0.4, 0.5) is 8.78 Å². The number of carbonyl (C=O) groups is 1. The summed E-state index contributed by atoms with van der Waals surface area (Å²) in [6.07, 6.45) is 3.49. The predicted octanol–water partition coefficient (Wildman–Crippen LogP) is 3.31. The van der Waals surface area contributed by atoms with Gasteiger partial charge in [0, 0.05) is 30.6 Å². The van der Waals surface area contributed by atoms with Gasteiger partial charge in [-0.3, -0.25) is 9.78 Å². The Morgan fingerprint density at radius 2 is 1.76 bits per heavy atom. The second kappa shape index (κ2) is 8.08. The van der Waals surface area contributed by atoms with E-state index in [4.69, 9.17) is 4.18 Å². The van der Waals surface area contributed by atoms with Crippen molar-refractivity contribution in [3.63, 3.8) is 0 Å². The van der Waals surface area contributed by atoms with Crippen molar-refractivity contribution in [1.29, 1.82) is 0 Å². The molecule has 2 aromatic heterocycles. The molecule has 0 unspecified atom stereocenters. The maximum absolute atomic E-state index is 13.5.